The third-order valence-electron chi connectivity index (χ3n) is 6.35. The number of ether oxygens (including phenoxy) is 1. The number of hydrogen-bond acceptors (Lipinski definition) is 8. The first-order valence-electron chi connectivity index (χ1n) is 11.1. The van der Waals surface area contributed by atoms with Crippen LogP contribution in [0.1, 0.15) is 12.5 Å². The largest absolute Gasteiger partial charge is 0.496 e. The van der Waals surface area contributed by atoms with Gasteiger partial charge in [-0.3, -0.25) is 0 Å². The van der Waals surface area contributed by atoms with Gasteiger partial charge in [-0.15, -0.1) is 10.2 Å². The van der Waals surface area contributed by atoms with Gasteiger partial charge in [-0.05, 0) is 49.4 Å². The SMILES string of the molecule is CCN1CCN(c2ccc(N3CCN(S(=O)(=O)c4ccc(OC)c(C)c4)CC3)nn2)CC1. The van der Waals surface area contributed by atoms with E-state index in [4.69, 9.17) is 4.74 Å². The molecule has 2 aromatic rings. The molecule has 2 fully saturated rings. The molecule has 0 bridgehead atoms. The molecule has 0 aliphatic carbocycles. The van der Waals surface area contributed by atoms with Gasteiger partial charge in [-0.25, -0.2) is 8.42 Å². The fourth-order valence-electron chi connectivity index (χ4n) is 4.27. The Kier molecular flexibility index (Phi) is 6.82. The minimum atomic E-state index is -3.54. The van der Waals surface area contributed by atoms with Gasteiger partial charge in [0.25, 0.3) is 0 Å². The minimum absolute atomic E-state index is 0.302. The van der Waals surface area contributed by atoms with E-state index >= 15 is 0 Å². The van der Waals surface area contributed by atoms with Crippen molar-refractivity contribution in [3.63, 3.8) is 0 Å². The number of hydrogen-bond donors (Lipinski definition) is 0. The summed E-state index contributed by atoms with van der Waals surface area (Å²) in [4.78, 5) is 7.09. The van der Waals surface area contributed by atoms with Gasteiger partial charge >= 0.3 is 0 Å². The van der Waals surface area contributed by atoms with E-state index in [1.807, 2.05) is 19.1 Å². The van der Waals surface area contributed by atoms with Crippen molar-refractivity contribution in [2.75, 3.05) is 75.8 Å². The Morgan fingerprint density at radius 1 is 0.875 bits per heavy atom. The smallest absolute Gasteiger partial charge is 0.243 e. The maximum absolute atomic E-state index is 13.1. The number of rotatable bonds is 6. The number of anilines is 2. The van der Waals surface area contributed by atoms with Crippen LogP contribution in [0.5, 0.6) is 5.75 Å². The van der Waals surface area contributed by atoms with Crippen LogP contribution in [-0.2, 0) is 10.0 Å². The van der Waals surface area contributed by atoms with Crippen molar-refractivity contribution in [1.82, 2.24) is 19.4 Å². The summed E-state index contributed by atoms with van der Waals surface area (Å²) < 4.78 is 32.9. The lowest BCUT2D eigenvalue weighted by Crippen LogP contribution is -2.49. The highest BCUT2D eigenvalue weighted by atomic mass is 32.2. The van der Waals surface area contributed by atoms with Gasteiger partial charge in [-0.2, -0.15) is 4.31 Å². The first kappa shape index (κ1) is 22.8. The van der Waals surface area contributed by atoms with Gasteiger partial charge in [0.2, 0.25) is 10.0 Å². The molecule has 174 valence electrons. The van der Waals surface area contributed by atoms with Gasteiger partial charge in [-0.1, -0.05) is 6.92 Å². The Morgan fingerprint density at radius 2 is 1.44 bits per heavy atom. The molecule has 0 atom stereocenters. The van der Waals surface area contributed by atoms with Crippen LogP contribution in [0, 0.1) is 6.92 Å². The number of nitrogens with zero attached hydrogens (tertiary/aromatic N) is 6. The van der Waals surface area contributed by atoms with Crippen LogP contribution in [0.3, 0.4) is 0 Å². The van der Waals surface area contributed by atoms with Crippen molar-refractivity contribution in [1.29, 1.82) is 0 Å². The van der Waals surface area contributed by atoms with Crippen molar-refractivity contribution in [2.24, 2.45) is 0 Å². The highest BCUT2D eigenvalue weighted by molar-refractivity contribution is 7.89. The highest BCUT2D eigenvalue weighted by Gasteiger charge is 2.29. The van der Waals surface area contributed by atoms with E-state index in [1.165, 1.54) is 0 Å². The summed E-state index contributed by atoms with van der Waals surface area (Å²) >= 11 is 0. The number of sulfonamides is 1. The van der Waals surface area contributed by atoms with Crippen LogP contribution < -0.4 is 14.5 Å². The molecular weight excluding hydrogens is 428 g/mol. The molecule has 1 aromatic carbocycles. The first-order chi connectivity index (χ1) is 15.4. The van der Waals surface area contributed by atoms with Crippen LogP contribution in [0.2, 0.25) is 0 Å². The summed E-state index contributed by atoms with van der Waals surface area (Å²) in [7, 11) is -1.96. The predicted molar refractivity (Wildman–Crippen MR) is 125 cm³/mol. The summed E-state index contributed by atoms with van der Waals surface area (Å²) in [6.45, 7) is 11.1. The molecule has 3 heterocycles. The van der Waals surface area contributed by atoms with Crippen molar-refractivity contribution >= 4 is 21.7 Å². The zero-order chi connectivity index (χ0) is 22.7. The summed E-state index contributed by atoms with van der Waals surface area (Å²) in [6.07, 6.45) is 0. The summed E-state index contributed by atoms with van der Waals surface area (Å²) in [5, 5.41) is 8.87. The van der Waals surface area contributed by atoms with Crippen LogP contribution in [0.15, 0.2) is 35.2 Å². The maximum atomic E-state index is 13.1. The molecule has 0 spiro atoms. The Bertz CT molecular complexity index is 1010. The molecule has 0 amide bonds. The average molecular weight is 461 g/mol. The van der Waals surface area contributed by atoms with Gasteiger partial charge in [0.1, 0.15) is 5.75 Å². The molecular formula is C22H32N6O3S. The van der Waals surface area contributed by atoms with E-state index < -0.39 is 10.0 Å². The minimum Gasteiger partial charge on any atom is -0.496 e. The standard InChI is InChI=1S/C22H32N6O3S/c1-4-25-9-11-26(12-10-25)21-7-8-22(24-23-21)27-13-15-28(16-14-27)32(29,30)19-5-6-20(31-3)18(2)17-19/h5-8,17H,4,9-16H2,1-3H3. The monoisotopic (exact) mass is 460 g/mol. The zero-order valence-electron chi connectivity index (χ0n) is 19.1. The summed E-state index contributed by atoms with van der Waals surface area (Å²) in [5.41, 5.74) is 0.804. The van der Waals surface area contributed by atoms with E-state index in [1.54, 1.807) is 29.6 Å². The van der Waals surface area contributed by atoms with Crippen LogP contribution in [-0.4, -0.2) is 93.8 Å². The van der Waals surface area contributed by atoms with Gasteiger partial charge in [0.15, 0.2) is 11.6 Å². The topological polar surface area (TPSA) is 82.1 Å². The Morgan fingerprint density at radius 3 is 1.91 bits per heavy atom. The first-order valence-corrected chi connectivity index (χ1v) is 12.6. The van der Waals surface area contributed by atoms with Crippen molar-refractivity contribution in [3.8, 4) is 5.75 Å². The van der Waals surface area contributed by atoms with E-state index in [-0.39, 0.29) is 0 Å². The normalized spacial score (nSPS) is 18.7. The van der Waals surface area contributed by atoms with Gasteiger partial charge in [0.05, 0.1) is 12.0 Å². The molecule has 0 saturated carbocycles. The second-order valence-corrected chi connectivity index (χ2v) is 10.1. The number of piperazine rings is 2. The molecule has 2 saturated heterocycles. The number of aryl methyl sites for hydroxylation is 1. The van der Waals surface area contributed by atoms with Crippen LogP contribution in [0.4, 0.5) is 11.6 Å². The molecule has 0 radical (unpaired) electrons. The maximum Gasteiger partial charge on any atom is 0.243 e. The van der Waals surface area contributed by atoms with E-state index in [2.05, 4.69) is 31.8 Å². The lowest BCUT2D eigenvalue weighted by molar-refractivity contribution is 0.270. The van der Waals surface area contributed by atoms with Crippen molar-refractivity contribution in [3.05, 3.63) is 35.9 Å². The van der Waals surface area contributed by atoms with Gasteiger partial charge < -0.3 is 19.4 Å². The number of aromatic nitrogens is 2. The second-order valence-electron chi connectivity index (χ2n) is 8.19. The van der Waals surface area contributed by atoms with E-state index in [9.17, 15) is 8.42 Å². The molecule has 4 rings (SSSR count). The number of benzene rings is 1. The van der Waals surface area contributed by atoms with Crippen molar-refractivity contribution in [2.45, 2.75) is 18.7 Å². The summed E-state index contributed by atoms with van der Waals surface area (Å²) in [6, 6.07) is 9.00. The molecule has 10 heteroatoms. The Hall–Kier alpha value is -2.43. The second kappa shape index (κ2) is 9.60. The highest BCUT2D eigenvalue weighted by Crippen LogP contribution is 2.25. The Labute approximate surface area is 190 Å². The quantitative estimate of drug-likeness (QED) is 0.641. The van der Waals surface area contributed by atoms with Gasteiger partial charge in [0, 0.05) is 52.4 Å². The third-order valence-corrected chi connectivity index (χ3v) is 8.24. The van der Waals surface area contributed by atoms with Crippen LogP contribution >= 0.6 is 0 Å². The molecule has 9 nitrogen and oxygen atoms in total. The predicted octanol–water partition coefficient (Wildman–Crippen LogP) is 1.45. The lowest BCUT2D eigenvalue weighted by atomic mass is 10.2. The van der Waals surface area contributed by atoms with Crippen molar-refractivity contribution < 1.29 is 13.2 Å². The molecule has 0 unspecified atom stereocenters. The van der Waals surface area contributed by atoms with Crippen LogP contribution in [0.25, 0.3) is 0 Å². The Balaban J connectivity index is 1.37. The molecule has 1 aromatic heterocycles. The van der Waals surface area contributed by atoms with E-state index in [0.717, 1.165) is 49.9 Å². The summed E-state index contributed by atoms with van der Waals surface area (Å²) in [5.74, 6) is 2.38. The fraction of sp³-hybridized carbons (Fsp3) is 0.545. The molecule has 2 aliphatic rings. The number of methoxy groups -OCH3 is 1. The lowest BCUT2D eigenvalue weighted by Gasteiger charge is -2.35. The molecule has 2 aliphatic heterocycles. The zero-order valence-corrected chi connectivity index (χ0v) is 19.9. The average Bonchev–Trinajstić information content (AvgIpc) is 2.84. The van der Waals surface area contributed by atoms with E-state index in [0.29, 0.717) is 36.8 Å². The molecule has 0 N–H and O–H groups in total. The number of likely N-dealkylation sites (N-methyl/N-ethyl adjacent to an activating group) is 1. The molecule has 32 heavy (non-hydrogen) atoms. The fourth-order valence-corrected chi connectivity index (χ4v) is 5.77. The third kappa shape index (κ3) is 4.67.